The average Bonchev–Trinajstić information content (AvgIpc) is 2.39. The zero-order valence-corrected chi connectivity index (χ0v) is 10.6. The van der Waals surface area contributed by atoms with Gasteiger partial charge in [0.1, 0.15) is 5.78 Å². The molecule has 18 heavy (non-hydrogen) atoms. The number of ketones is 1. The van der Waals surface area contributed by atoms with E-state index in [1.807, 2.05) is 42.2 Å². The van der Waals surface area contributed by atoms with Crippen LogP contribution in [-0.2, 0) is 9.59 Å². The summed E-state index contributed by atoms with van der Waals surface area (Å²) in [5.74, 6) is 0.163. The highest BCUT2D eigenvalue weighted by Gasteiger charge is 2.25. The Balaban J connectivity index is 1.94. The van der Waals surface area contributed by atoms with E-state index in [1.54, 1.807) is 0 Å². The van der Waals surface area contributed by atoms with Crippen molar-refractivity contribution in [2.45, 2.75) is 25.8 Å². The number of hydrogen-bond acceptors (Lipinski definition) is 3. The van der Waals surface area contributed by atoms with E-state index < -0.39 is 0 Å². The van der Waals surface area contributed by atoms with Crippen molar-refractivity contribution in [3.63, 3.8) is 0 Å². The third-order valence-electron chi connectivity index (χ3n) is 3.25. The van der Waals surface area contributed by atoms with Crippen LogP contribution in [0.4, 0.5) is 5.69 Å². The summed E-state index contributed by atoms with van der Waals surface area (Å²) < 4.78 is 0. The fourth-order valence-corrected chi connectivity index (χ4v) is 2.13. The summed E-state index contributed by atoms with van der Waals surface area (Å²) in [5, 5.41) is 2.86. The molecule has 0 spiro atoms. The Morgan fingerprint density at radius 3 is 2.72 bits per heavy atom. The highest BCUT2D eigenvalue weighted by Crippen LogP contribution is 2.12. The van der Waals surface area contributed by atoms with Gasteiger partial charge in [-0.25, -0.2) is 0 Å². The van der Waals surface area contributed by atoms with Crippen molar-refractivity contribution in [3.8, 4) is 0 Å². The number of Topliss-reactive ketones (excluding diaryl/α,β-unsaturated/α-hetero) is 1. The van der Waals surface area contributed by atoms with Crippen LogP contribution in [0.25, 0.3) is 0 Å². The molecule has 0 bridgehead atoms. The number of nitrogens with one attached hydrogen (secondary N) is 1. The molecule has 4 nitrogen and oxygen atoms in total. The lowest BCUT2D eigenvalue weighted by Gasteiger charge is -2.30. The van der Waals surface area contributed by atoms with Gasteiger partial charge in [0.25, 0.3) is 0 Å². The molecule has 1 fully saturated rings. The van der Waals surface area contributed by atoms with Gasteiger partial charge in [-0.05, 0) is 32.0 Å². The van der Waals surface area contributed by atoms with E-state index in [0.717, 1.165) is 18.7 Å². The Labute approximate surface area is 107 Å². The SMILES string of the molecule is CC(C(=O)Nc1ccccc1)N1CCCC(=O)C1. The van der Waals surface area contributed by atoms with Crippen LogP contribution in [0.3, 0.4) is 0 Å². The van der Waals surface area contributed by atoms with Crippen molar-refractivity contribution in [1.29, 1.82) is 0 Å². The third kappa shape index (κ3) is 3.17. The first-order valence-electron chi connectivity index (χ1n) is 6.28. The molecule has 1 unspecified atom stereocenters. The Bertz CT molecular complexity index is 431. The molecule has 0 aromatic heterocycles. The average molecular weight is 246 g/mol. The zero-order valence-electron chi connectivity index (χ0n) is 10.6. The molecular weight excluding hydrogens is 228 g/mol. The van der Waals surface area contributed by atoms with Gasteiger partial charge in [0.05, 0.1) is 12.6 Å². The van der Waals surface area contributed by atoms with E-state index >= 15 is 0 Å². The molecule has 1 N–H and O–H groups in total. The van der Waals surface area contributed by atoms with Crippen LogP contribution >= 0.6 is 0 Å². The number of anilines is 1. The van der Waals surface area contributed by atoms with E-state index in [4.69, 9.17) is 0 Å². The van der Waals surface area contributed by atoms with E-state index in [9.17, 15) is 9.59 Å². The molecule has 0 aliphatic carbocycles. The first-order chi connectivity index (χ1) is 8.66. The molecule has 96 valence electrons. The van der Waals surface area contributed by atoms with Gasteiger partial charge in [0, 0.05) is 12.1 Å². The second-order valence-electron chi connectivity index (χ2n) is 4.64. The molecule has 1 amide bonds. The second-order valence-corrected chi connectivity index (χ2v) is 4.64. The molecule has 0 saturated carbocycles. The summed E-state index contributed by atoms with van der Waals surface area (Å²) >= 11 is 0. The Hall–Kier alpha value is -1.68. The first kappa shape index (κ1) is 12.8. The topological polar surface area (TPSA) is 49.4 Å². The van der Waals surface area contributed by atoms with E-state index in [1.165, 1.54) is 0 Å². The Morgan fingerprint density at radius 2 is 2.06 bits per heavy atom. The molecular formula is C14H18N2O2. The van der Waals surface area contributed by atoms with Gasteiger partial charge in [-0.3, -0.25) is 14.5 Å². The normalized spacial score (nSPS) is 18.4. The molecule has 4 heteroatoms. The quantitative estimate of drug-likeness (QED) is 0.882. The summed E-state index contributed by atoms with van der Waals surface area (Å²) in [6.07, 6.45) is 1.49. The predicted octanol–water partition coefficient (Wildman–Crippen LogP) is 1.68. The molecule has 1 aliphatic heterocycles. The number of para-hydroxylation sites is 1. The number of carbonyl (C=O) groups is 2. The smallest absolute Gasteiger partial charge is 0.241 e. The molecule has 1 saturated heterocycles. The third-order valence-corrected chi connectivity index (χ3v) is 3.25. The number of nitrogens with zero attached hydrogens (tertiary/aromatic N) is 1. The Kier molecular flexibility index (Phi) is 4.10. The van der Waals surface area contributed by atoms with E-state index in [-0.39, 0.29) is 17.7 Å². The number of carbonyl (C=O) groups excluding carboxylic acids is 2. The molecule has 1 aliphatic rings. The maximum atomic E-state index is 12.1. The second kappa shape index (κ2) is 5.78. The van der Waals surface area contributed by atoms with Gasteiger partial charge in [0.15, 0.2) is 0 Å². The van der Waals surface area contributed by atoms with Gasteiger partial charge >= 0.3 is 0 Å². The number of amides is 1. The van der Waals surface area contributed by atoms with Crippen LogP contribution in [0, 0.1) is 0 Å². The molecule has 1 aromatic carbocycles. The fraction of sp³-hybridized carbons (Fsp3) is 0.429. The predicted molar refractivity (Wildman–Crippen MR) is 70.3 cm³/mol. The summed E-state index contributed by atoms with van der Waals surface area (Å²) in [4.78, 5) is 25.4. The number of benzene rings is 1. The maximum Gasteiger partial charge on any atom is 0.241 e. The molecule has 1 heterocycles. The van der Waals surface area contributed by atoms with Crippen molar-refractivity contribution in [1.82, 2.24) is 4.90 Å². The van der Waals surface area contributed by atoms with Crippen LogP contribution in [0.15, 0.2) is 30.3 Å². The molecule has 1 atom stereocenters. The molecule has 1 aromatic rings. The number of likely N-dealkylation sites (tertiary alicyclic amines) is 1. The minimum absolute atomic E-state index is 0.0594. The van der Waals surface area contributed by atoms with Crippen LogP contribution in [0.1, 0.15) is 19.8 Å². The maximum absolute atomic E-state index is 12.1. The van der Waals surface area contributed by atoms with Crippen molar-refractivity contribution in [2.24, 2.45) is 0 Å². The largest absolute Gasteiger partial charge is 0.325 e. The van der Waals surface area contributed by atoms with Gasteiger partial charge in [0.2, 0.25) is 5.91 Å². The lowest BCUT2D eigenvalue weighted by atomic mass is 10.1. The lowest BCUT2D eigenvalue weighted by molar-refractivity contribution is -0.126. The first-order valence-corrected chi connectivity index (χ1v) is 6.28. The molecule has 0 radical (unpaired) electrons. The van der Waals surface area contributed by atoms with Gasteiger partial charge < -0.3 is 5.32 Å². The number of piperidine rings is 1. The highest BCUT2D eigenvalue weighted by atomic mass is 16.2. The monoisotopic (exact) mass is 246 g/mol. The molecule has 2 rings (SSSR count). The van der Waals surface area contributed by atoms with Crippen molar-refractivity contribution in [2.75, 3.05) is 18.4 Å². The summed E-state index contributed by atoms with van der Waals surface area (Å²) in [5.41, 5.74) is 0.790. The highest BCUT2D eigenvalue weighted by molar-refractivity contribution is 5.95. The minimum Gasteiger partial charge on any atom is -0.325 e. The standard InChI is InChI=1S/C14H18N2O2/c1-11(16-9-5-8-13(17)10-16)14(18)15-12-6-3-2-4-7-12/h2-4,6-7,11H,5,8-10H2,1H3,(H,15,18). The van der Waals surface area contributed by atoms with Crippen molar-refractivity contribution >= 4 is 17.4 Å². The summed E-state index contributed by atoms with van der Waals surface area (Å²) in [6.45, 7) is 3.05. The van der Waals surface area contributed by atoms with Gasteiger partial charge in [-0.1, -0.05) is 18.2 Å². The van der Waals surface area contributed by atoms with Gasteiger partial charge in [-0.15, -0.1) is 0 Å². The van der Waals surface area contributed by atoms with E-state index in [2.05, 4.69) is 5.32 Å². The number of rotatable bonds is 3. The zero-order chi connectivity index (χ0) is 13.0. The lowest BCUT2D eigenvalue weighted by Crippen LogP contribution is -2.47. The van der Waals surface area contributed by atoms with Crippen LogP contribution in [0.5, 0.6) is 0 Å². The van der Waals surface area contributed by atoms with Crippen LogP contribution in [0.2, 0.25) is 0 Å². The van der Waals surface area contributed by atoms with Crippen LogP contribution < -0.4 is 5.32 Å². The number of hydrogen-bond donors (Lipinski definition) is 1. The fourth-order valence-electron chi connectivity index (χ4n) is 2.13. The van der Waals surface area contributed by atoms with Crippen LogP contribution in [-0.4, -0.2) is 35.7 Å². The Morgan fingerprint density at radius 1 is 1.33 bits per heavy atom. The summed E-state index contributed by atoms with van der Waals surface area (Å²) in [6, 6.07) is 9.10. The van der Waals surface area contributed by atoms with E-state index in [0.29, 0.717) is 13.0 Å². The minimum atomic E-state index is -0.269. The van der Waals surface area contributed by atoms with Crippen molar-refractivity contribution < 1.29 is 9.59 Å². The van der Waals surface area contributed by atoms with Gasteiger partial charge in [-0.2, -0.15) is 0 Å². The van der Waals surface area contributed by atoms with Crippen molar-refractivity contribution in [3.05, 3.63) is 30.3 Å². The summed E-state index contributed by atoms with van der Waals surface area (Å²) in [7, 11) is 0.